The Labute approximate surface area is 124 Å². The summed E-state index contributed by atoms with van der Waals surface area (Å²) in [7, 11) is 1.54. The Bertz CT molecular complexity index is 569. The van der Waals surface area contributed by atoms with Crippen molar-refractivity contribution < 1.29 is 14.4 Å². The molecule has 1 aliphatic heterocycles. The Kier molecular flexibility index (Phi) is 4.73. The fraction of sp³-hybridized carbons (Fsp3) is 0.438. The van der Waals surface area contributed by atoms with E-state index >= 15 is 0 Å². The molecule has 1 N–H and O–H groups in total. The van der Waals surface area contributed by atoms with Crippen molar-refractivity contribution in [1.82, 2.24) is 10.2 Å². The number of aldehydes is 1. The highest BCUT2D eigenvalue weighted by Gasteiger charge is 2.36. The number of benzene rings is 1. The van der Waals surface area contributed by atoms with Gasteiger partial charge in [-0.15, -0.1) is 0 Å². The summed E-state index contributed by atoms with van der Waals surface area (Å²) < 4.78 is 0. The minimum atomic E-state index is -0.593. The molecule has 1 aromatic rings. The molecular weight excluding hydrogens is 268 g/mol. The molecule has 0 radical (unpaired) electrons. The molecule has 5 heteroatoms. The third-order valence-corrected chi connectivity index (χ3v) is 3.96. The van der Waals surface area contributed by atoms with Gasteiger partial charge in [-0.05, 0) is 30.0 Å². The Balaban J connectivity index is 2.31. The van der Waals surface area contributed by atoms with Crippen LogP contribution in [0.4, 0.5) is 0 Å². The molecule has 2 rings (SSSR count). The van der Waals surface area contributed by atoms with E-state index in [1.165, 1.54) is 0 Å². The topological polar surface area (TPSA) is 66.5 Å². The van der Waals surface area contributed by atoms with E-state index in [0.29, 0.717) is 18.5 Å². The summed E-state index contributed by atoms with van der Waals surface area (Å²) in [6.07, 6.45) is 2.24. The van der Waals surface area contributed by atoms with Gasteiger partial charge in [-0.3, -0.25) is 9.59 Å². The van der Waals surface area contributed by atoms with E-state index in [0.717, 1.165) is 23.8 Å². The van der Waals surface area contributed by atoms with Crippen molar-refractivity contribution in [2.24, 2.45) is 0 Å². The second-order valence-electron chi connectivity index (χ2n) is 5.10. The summed E-state index contributed by atoms with van der Waals surface area (Å²) in [5, 5.41) is 2.58. The predicted octanol–water partition coefficient (Wildman–Crippen LogP) is 1.30. The smallest absolute Gasteiger partial charge is 0.255 e. The van der Waals surface area contributed by atoms with Crippen molar-refractivity contribution >= 4 is 18.1 Å². The summed E-state index contributed by atoms with van der Waals surface area (Å²) >= 11 is 0. The third kappa shape index (κ3) is 2.82. The Hall–Kier alpha value is -2.17. The number of hydrogen-bond donors (Lipinski definition) is 1. The summed E-state index contributed by atoms with van der Waals surface area (Å²) in [6.45, 7) is 2.49. The molecule has 0 aromatic heterocycles. The van der Waals surface area contributed by atoms with Gasteiger partial charge in [0.15, 0.2) is 0 Å². The number of nitrogens with zero attached hydrogens (tertiary/aromatic N) is 1. The first-order valence-corrected chi connectivity index (χ1v) is 7.21. The minimum Gasteiger partial charge on any atom is -0.357 e. The quantitative estimate of drug-likeness (QED) is 0.802. The number of fused-ring (bicyclic) bond motifs is 1. The highest BCUT2D eigenvalue weighted by Crippen LogP contribution is 2.29. The molecule has 5 nitrogen and oxygen atoms in total. The molecule has 0 bridgehead atoms. The zero-order valence-electron chi connectivity index (χ0n) is 12.4. The van der Waals surface area contributed by atoms with Crippen LogP contribution in [0.3, 0.4) is 0 Å². The van der Waals surface area contributed by atoms with Crippen LogP contribution in [0.25, 0.3) is 0 Å². The molecule has 1 aromatic carbocycles. The molecule has 112 valence electrons. The number of nitrogens with one attached hydrogen (secondary N) is 1. The second-order valence-corrected chi connectivity index (χ2v) is 5.10. The zero-order chi connectivity index (χ0) is 15.4. The van der Waals surface area contributed by atoms with E-state index in [-0.39, 0.29) is 18.2 Å². The van der Waals surface area contributed by atoms with E-state index in [1.54, 1.807) is 18.0 Å². The lowest BCUT2D eigenvalue weighted by atomic mass is 10.0. The maximum absolute atomic E-state index is 12.5. The number of hydrogen-bond acceptors (Lipinski definition) is 3. The highest BCUT2D eigenvalue weighted by atomic mass is 16.2. The summed E-state index contributed by atoms with van der Waals surface area (Å²) in [5.41, 5.74) is 2.81. The van der Waals surface area contributed by atoms with Crippen molar-refractivity contribution in [3.05, 3.63) is 34.9 Å². The largest absolute Gasteiger partial charge is 0.357 e. The van der Waals surface area contributed by atoms with E-state index in [9.17, 15) is 14.4 Å². The number of amides is 2. The molecule has 0 fully saturated rings. The van der Waals surface area contributed by atoms with Gasteiger partial charge < -0.3 is 15.0 Å². The van der Waals surface area contributed by atoms with Gasteiger partial charge in [0.25, 0.3) is 5.91 Å². The third-order valence-electron chi connectivity index (χ3n) is 3.96. The molecule has 0 aliphatic carbocycles. The first-order chi connectivity index (χ1) is 10.1. The SMILES string of the molecule is CCc1cccc2c1CN(C(CCC=O)C(=O)NC)C2=O. The van der Waals surface area contributed by atoms with Gasteiger partial charge in [-0.1, -0.05) is 19.1 Å². The zero-order valence-corrected chi connectivity index (χ0v) is 12.4. The Morgan fingerprint density at radius 2 is 2.24 bits per heavy atom. The number of likely N-dealkylation sites (N-methyl/N-ethyl adjacent to an activating group) is 1. The van der Waals surface area contributed by atoms with Gasteiger partial charge in [0.2, 0.25) is 5.91 Å². The molecule has 21 heavy (non-hydrogen) atoms. The van der Waals surface area contributed by atoms with Crippen LogP contribution in [0.1, 0.15) is 41.3 Å². The fourth-order valence-electron chi connectivity index (χ4n) is 2.82. The number of carbonyl (C=O) groups is 3. The monoisotopic (exact) mass is 288 g/mol. The van der Waals surface area contributed by atoms with Gasteiger partial charge in [-0.25, -0.2) is 0 Å². The van der Waals surface area contributed by atoms with Gasteiger partial charge in [-0.2, -0.15) is 0 Å². The summed E-state index contributed by atoms with van der Waals surface area (Å²) in [5.74, 6) is -0.351. The molecule has 2 amide bonds. The van der Waals surface area contributed by atoms with Gasteiger partial charge in [0.1, 0.15) is 12.3 Å². The molecular formula is C16H20N2O3. The molecule has 1 aliphatic rings. The summed E-state index contributed by atoms with van der Waals surface area (Å²) in [4.78, 5) is 36.8. The molecule has 0 spiro atoms. The van der Waals surface area contributed by atoms with Crippen LogP contribution in [-0.2, 0) is 22.6 Å². The van der Waals surface area contributed by atoms with Crippen LogP contribution in [0.2, 0.25) is 0 Å². The lowest BCUT2D eigenvalue weighted by molar-refractivity contribution is -0.125. The summed E-state index contributed by atoms with van der Waals surface area (Å²) in [6, 6.07) is 5.09. The van der Waals surface area contributed by atoms with E-state index < -0.39 is 6.04 Å². The van der Waals surface area contributed by atoms with Gasteiger partial charge in [0.05, 0.1) is 0 Å². The first kappa shape index (κ1) is 15.2. The molecule has 1 atom stereocenters. The Morgan fingerprint density at radius 1 is 1.48 bits per heavy atom. The van der Waals surface area contributed by atoms with Crippen molar-refractivity contribution in [2.45, 2.75) is 38.8 Å². The average Bonchev–Trinajstić information content (AvgIpc) is 2.84. The van der Waals surface area contributed by atoms with E-state index in [2.05, 4.69) is 5.32 Å². The molecule has 0 saturated carbocycles. The van der Waals surface area contributed by atoms with Crippen LogP contribution < -0.4 is 5.32 Å². The van der Waals surface area contributed by atoms with Crippen LogP contribution in [0.15, 0.2) is 18.2 Å². The molecule has 1 heterocycles. The fourth-order valence-corrected chi connectivity index (χ4v) is 2.82. The lowest BCUT2D eigenvalue weighted by Gasteiger charge is -2.25. The van der Waals surface area contributed by atoms with Crippen molar-refractivity contribution in [3.63, 3.8) is 0 Å². The van der Waals surface area contributed by atoms with Crippen molar-refractivity contribution in [2.75, 3.05) is 7.05 Å². The number of aryl methyl sites for hydroxylation is 1. The average molecular weight is 288 g/mol. The van der Waals surface area contributed by atoms with Crippen LogP contribution in [0, 0.1) is 0 Å². The number of rotatable bonds is 6. The van der Waals surface area contributed by atoms with Gasteiger partial charge >= 0.3 is 0 Å². The standard InChI is InChI=1S/C16H20N2O3/c1-3-11-6-4-7-12-13(11)10-18(16(12)21)14(8-5-9-19)15(20)17-2/h4,6-7,9,14H,3,5,8,10H2,1-2H3,(H,17,20). The maximum Gasteiger partial charge on any atom is 0.255 e. The van der Waals surface area contributed by atoms with E-state index in [1.807, 2.05) is 19.1 Å². The van der Waals surface area contributed by atoms with E-state index in [4.69, 9.17) is 0 Å². The number of carbonyl (C=O) groups excluding carboxylic acids is 3. The normalized spacial score (nSPS) is 14.8. The van der Waals surface area contributed by atoms with Crippen LogP contribution in [-0.4, -0.2) is 36.1 Å². The van der Waals surface area contributed by atoms with Gasteiger partial charge in [0, 0.05) is 25.6 Å². The lowest BCUT2D eigenvalue weighted by Crippen LogP contribution is -2.46. The maximum atomic E-state index is 12.5. The molecule has 1 unspecified atom stereocenters. The molecule has 0 saturated heterocycles. The highest BCUT2D eigenvalue weighted by molar-refractivity contribution is 6.01. The Morgan fingerprint density at radius 3 is 2.86 bits per heavy atom. The minimum absolute atomic E-state index is 0.125. The first-order valence-electron chi connectivity index (χ1n) is 7.21. The van der Waals surface area contributed by atoms with Crippen LogP contribution >= 0.6 is 0 Å². The van der Waals surface area contributed by atoms with Crippen molar-refractivity contribution in [1.29, 1.82) is 0 Å². The predicted molar refractivity (Wildman–Crippen MR) is 78.8 cm³/mol. The van der Waals surface area contributed by atoms with Crippen molar-refractivity contribution in [3.8, 4) is 0 Å². The second kappa shape index (κ2) is 6.52. The van der Waals surface area contributed by atoms with Crippen LogP contribution in [0.5, 0.6) is 0 Å².